The normalized spacial score (nSPS) is 19.1. The van der Waals surface area contributed by atoms with Crippen LogP contribution in [0.1, 0.15) is 24.2 Å². The smallest absolute Gasteiger partial charge is 0.135 e. The van der Waals surface area contributed by atoms with Crippen LogP contribution in [0, 0.1) is 12.8 Å². The molecule has 3 rings (SSSR count). The molecule has 1 saturated heterocycles. The molecule has 1 aliphatic rings. The molecule has 0 spiro atoms. The summed E-state index contributed by atoms with van der Waals surface area (Å²) >= 11 is 0. The summed E-state index contributed by atoms with van der Waals surface area (Å²) in [6, 6.07) is 7.96. The number of aryl methyl sites for hydroxylation is 1. The number of rotatable bonds is 4. The van der Waals surface area contributed by atoms with E-state index in [0.29, 0.717) is 5.92 Å². The van der Waals surface area contributed by atoms with Crippen molar-refractivity contribution >= 4 is 11.6 Å². The number of aromatic nitrogens is 3. The minimum absolute atomic E-state index is 0.693. The molecule has 2 aromatic heterocycles. The Kier molecular flexibility index (Phi) is 4.63. The highest BCUT2D eigenvalue weighted by molar-refractivity contribution is 5.51. The average molecular weight is 297 g/mol. The first-order chi connectivity index (χ1) is 10.7. The molecule has 5 nitrogen and oxygen atoms in total. The van der Waals surface area contributed by atoms with Gasteiger partial charge in [-0.25, -0.2) is 15.0 Å². The number of piperidine rings is 1. The van der Waals surface area contributed by atoms with E-state index >= 15 is 0 Å². The van der Waals surface area contributed by atoms with Crippen molar-refractivity contribution in [3.63, 3.8) is 0 Å². The van der Waals surface area contributed by atoms with E-state index in [0.717, 1.165) is 36.0 Å². The number of nitrogens with one attached hydrogen (secondary N) is 1. The summed E-state index contributed by atoms with van der Waals surface area (Å²) in [5, 5.41) is 3.26. The van der Waals surface area contributed by atoms with E-state index in [4.69, 9.17) is 0 Å². The maximum absolute atomic E-state index is 4.45. The Morgan fingerprint density at radius 2 is 2.18 bits per heavy atom. The van der Waals surface area contributed by atoms with Crippen LogP contribution in [-0.2, 0) is 6.42 Å². The van der Waals surface area contributed by atoms with Gasteiger partial charge in [-0.3, -0.25) is 0 Å². The molecule has 3 heterocycles. The molecule has 0 aromatic carbocycles. The van der Waals surface area contributed by atoms with Crippen LogP contribution in [0.5, 0.6) is 0 Å². The molecule has 0 aliphatic carbocycles. The Bertz CT molecular complexity index is 628. The lowest BCUT2D eigenvalue weighted by molar-refractivity contribution is 0.208. The van der Waals surface area contributed by atoms with E-state index in [9.17, 15) is 0 Å². The SMILES string of the molecule is Cc1cccc(Nc2cc(C[C@@H]3CCCN(C)C3)ncn2)n1. The second kappa shape index (κ2) is 6.83. The molecule has 0 unspecified atom stereocenters. The third-order valence-corrected chi connectivity index (χ3v) is 4.09. The number of hydrogen-bond donors (Lipinski definition) is 1. The van der Waals surface area contributed by atoms with Crippen LogP contribution >= 0.6 is 0 Å². The van der Waals surface area contributed by atoms with Crippen molar-refractivity contribution in [2.24, 2.45) is 5.92 Å². The molecule has 116 valence electrons. The fourth-order valence-electron chi connectivity index (χ4n) is 3.06. The number of pyridine rings is 1. The molecule has 22 heavy (non-hydrogen) atoms. The van der Waals surface area contributed by atoms with Gasteiger partial charge in [0.25, 0.3) is 0 Å². The van der Waals surface area contributed by atoms with Gasteiger partial charge in [-0.15, -0.1) is 0 Å². The van der Waals surface area contributed by atoms with E-state index in [1.807, 2.05) is 31.2 Å². The quantitative estimate of drug-likeness (QED) is 0.940. The highest BCUT2D eigenvalue weighted by Crippen LogP contribution is 2.20. The van der Waals surface area contributed by atoms with Crippen LogP contribution in [0.2, 0.25) is 0 Å². The number of likely N-dealkylation sites (tertiary alicyclic amines) is 1. The first-order valence-corrected chi connectivity index (χ1v) is 7.89. The molecule has 0 saturated carbocycles. The van der Waals surface area contributed by atoms with Gasteiger partial charge in [-0.05, 0) is 57.8 Å². The third-order valence-electron chi connectivity index (χ3n) is 4.09. The largest absolute Gasteiger partial charge is 0.325 e. The first-order valence-electron chi connectivity index (χ1n) is 7.89. The van der Waals surface area contributed by atoms with Crippen LogP contribution in [0.15, 0.2) is 30.6 Å². The topological polar surface area (TPSA) is 53.9 Å². The molecule has 1 atom stereocenters. The van der Waals surface area contributed by atoms with Crippen LogP contribution in [0.4, 0.5) is 11.6 Å². The molecule has 1 N–H and O–H groups in total. The van der Waals surface area contributed by atoms with Crippen molar-refractivity contribution in [1.82, 2.24) is 19.9 Å². The standard InChI is InChI=1S/C17H23N5/c1-13-5-3-7-16(20-13)21-17-10-15(18-12-19-17)9-14-6-4-8-22(2)11-14/h3,5,7,10,12,14H,4,6,8-9,11H2,1-2H3,(H,18,19,20,21)/t14-/m0/s1. The molecular weight excluding hydrogens is 274 g/mol. The maximum atomic E-state index is 4.45. The minimum Gasteiger partial charge on any atom is -0.325 e. The van der Waals surface area contributed by atoms with Crippen LogP contribution < -0.4 is 5.32 Å². The summed E-state index contributed by atoms with van der Waals surface area (Å²) in [5.74, 6) is 2.33. The fraction of sp³-hybridized carbons (Fsp3) is 0.471. The summed E-state index contributed by atoms with van der Waals surface area (Å²) < 4.78 is 0. The van der Waals surface area contributed by atoms with E-state index < -0.39 is 0 Å². The molecule has 1 fully saturated rings. The Labute approximate surface area is 131 Å². The van der Waals surface area contributed by atoms with Crippen molar-refractivity contribution in [2.75, 3.05) is 25.5 Å². The molecule has 1 aliphatic heterocycles. The number of anilines is 2. The monoisotopic (exact) mass is 297 g/mol. The van der Waals surface area contributed by atoms with Crippen molar-refractivity contribution in [1.29, 1.82) is 0 Å². The minimum atomic E-state index is 0.693. The predicted octanol–water partition coefficient (Wildman–Crippen LogP) is 2.81. The number of nitrogens with zero attached hydrogens (tertiary/aromatic N) is 4. The van der Waals surface area contributed by atoms with Crippen molar-refractivity contribution in [2.45, 2.75) is 26.2 Å². The van der Waals surface area contributed by atoms with Gasteiger partial charge in [0, 0.05) is 24.0 Å². The third kappa shape index (κ3) is 4.01. The Morgan fingerprint density at radius 1 is 1.27 bits per heavy atom. The lowest BCUT2D eigenvalue weighted by Crippen LogP contribution is -2.33. The zero-order valence-electron chi connectivity index (χ0n) is 13.3. The van der Waals surface area contributed by atoms with Crippen molar-refractivity contribution in [3.05, 3.63) is 42.0 Å². The highest BCUT2D eigenvalue weighted by Gasteiger charge is 2.18. The summed E-state index contributed by atoms with van der Waals surface area (Å²) in [6.07, 6.45) is 5.23. The molecule has 2 aromatic rings. The van der Waals surface area contributed by atoms with Crippen LogP contribution in [0.3, 0.4) is 0 Å². The number of hydrogen-bond acceptors (Lipinski definition) is 5. The molecule has 0 bridgehead atoms. The highest BCUT2D eigenvalue weighted by atomic mass is 15.1. The van der Waals surface area contributed by atoms with Gasteiger partial charge in [0.15, 0.2) is 0 Å². The Morgan fingerprint density at radius 3 is 3.00 bits per heavy atom. The molecular formula is C17H23N5. The zero-order chi connectivity index (χ0) is 15.4. The van der Waals surface area contributed by atoms with Crippen molar-refractivity contribution < 1.29 is 0 Å². The molecule has 0 radical (unpaired) electrons. The Balaban J connectivity index is 1.67. The van der Waals surface area contributed by atoms with Gasteiger partial charge in [0.2, 0.25) is 0 Å². The lowest BCUT2D eigenvalue weighted by Gasteiger charge is -2.29. The summed E-state index contributed by atoms with van der Waals surface area (Å²) in [4.78, 5) is 15.6. The van der Waals surface area contributed by atoms with Crippen LogP contribution in [-0.4, -0.2) is 40.0 Å². The van der Waals surface area contributed by atoms with Crippen molar-refractivity contribution in [3.8, 4) is 0 Å². The predicted molar refractivity (Wildman–Crippen MR) is 88.2 cm³/mol. The molecule has 5 heteroatoms. The average Bonchev–Trinajstić information content (AvgIpc) is 2.47. The lowest BCUT2D eigenvalue weighted by atomic mass is 9.93. The van der Waals surface area contributed by atoms with E-state index in [2.05, 4.69) is 32.2 Å². The maximum Gasteiger partial charge on any atom is 0.135 e. The zero-order valence-corrected chi connectivity index (χ0v) is 13.3. The van der Waals surface area contributed by atoms with E-state index in [1.165, 1.54) is 19.4 Å². The van der Waals surface area contributed by atoms with Gasteiger partial charge in [-0.1, -0.05) is 6.07 Å². The van der Waals surface area contributed by atoms with Gasteiger partial charge in [0.1, 0.15) is 18.0 Å². The van der Waals surface area contributed by atoms with Gasteiger partial charge < -0.3 is 10.2 Å². The van der Waals surface area contributed by atoms with E-state index in [-0.39, 0.29) is 0 Å². The van der Waals surface area contributed by atoms with Gasteiger partial charge in [-0.2, -0.15) is 0 Å². The summed E-state index contributed by atoms with van der Waals surface area (Å²) in [5.41, 5.74) is 2.09. The summed E-state index contributed by atoms with van der Waals surface area (Å²) in [6.45, 7) is 4.36. The van der Waals surface area contributed by atoms with Crippen LogP contribution in [0.25, 0.3) is 0 Å². The molecule has 0 amide bonds. The summed E-state index contributed by atoms with van der Waals surface area (Å²) in [7, 11) is 2.20. The Hall–Kier alpha value is -2.01. The fourth-order valence-corrected chi connectivity index (χ4v) is 3.06. The first kappa shape index (κ1) is 14.9. The van der Waals surface area contributed by atoms with Gasteiger partial charge >= 0.3 is 0 Å². The van der Waals surface area contributed by atoms with Gasteiger partial charge in [0.05, 0.1) is 0 Å². The van der Waals surface area contributed by atoms with E-state index in [1.54, 1.807) is 6.33 Å². The second-order valence-electron chi connectivity index (χ2n) is 6.16. The second-order valence-corrected chi connectivity index (χ2v) is 6.16.